The molecule has 1 saturated heterocycles. The van der Waals surface area contributed by atoms with E-state index in [1.165, 1.54) is 6.07 Å². The van der Waals surface area contributed by atoms with Crippen molar-refractivity contribution in [2.24, 2.45) is 11.3 Å². The van der Waals surface area contributed by atoms with Crippen LogP contribution in [0.4, 0.5) is 0 Å². The number of carbonyl (C=O) groups excluding carboxylic acids is 1. The Morgan fingerprint density at radius 2 is 2.05 bits per heavy atom. The average molecular weight is 302 g/mol. The van der Waals surface area contributed by atoms with Gasteiger partial charge >= 0.3 is 0 Å². The Balaban J connectivity index is 2.16. The molecule has 0 radical (unpaired) electrons. The van der Waals surface area contributed by atoms with Gasteiger partial charge in [0.2, 0.25) is 0 Å². The number of nitrogens with zero attached hydrogens (tertiary/aromatic N) is 3. The summed E-state index contributed by atoms with van der Waals surface area (Å²) in [6, 6.07) is 1.48. The SMILES string of the molecule is CC(C)(C)C1CCN(C(=O)c2cc(Cl)nnc2Cl)C1. The summed E-state index contributed by atoms with van der Waals surface area (Å²) >= 11 is 11.7. The van der Waals surface area contributed by atoms with Gasteiger partial charge in [-0.25, -0.2) is 0 Å². The number of likely N-dealkylation sites (tertiary alicyclic amines) is 1. The fourth-order valence-corrected chi connectivity index (χ4v) is 2.65. The predicted molar refractivity (Wildman–Crippen MR) is 75.5 cm³/mol. The van der Waals surface area contributed by atoms with Crippen molar-refractivity contribution >= 4 is 29.1 Å². The molecule has 104 valence electrons. The van der Waals surface area contributed by atoms with E-state index in [1.807, 2.05) is 4.90 Å². The largest absolute Gasteiger partial charge is 0.338 e. The second-order valence-electron chi connectivity index (χ2n) is 5.97. The van der Waals surface area contributed by atoms with E-state index < -0.39 is 0 Å². The van der Waals surface area contributed by atoms with Gasteiger partial charge in [-0.15, -0.1) is 10.2 Å². The molecule has 1 aliphatic heterocycles. The van der Waals surface area contributed by atoms with Crippen LogP contribution in [-0.4, -0.2) is 34.1 Å². The molecule has 1 unspecified atom stereocenters. The quantitative estimate of drug-likeness (QED) is 0.799. The zero-order valence-corrected chi connectivity index (χ0v) is 12.8. The average Bonchev–Trinajstić information content (AvgIpc) is 2.80. The molecule has 1 aliphatic rings. The molecule has 6 heteroatoms. The molecule has 0 aromatic carbocycles. The molecule has 1 fully saturated rings. The van der Waals surface area contributed by atoms with Crippen LogP contribution in [0.3, 0.4) is 0 Å². The van der Waals surface area contributed by atoms with Crippen molar-refractivity contribution in [2.75, 3.05) is 13.1 Å². The van der Waals surface area contributed by atoms with E-state index in [9.17, 15) is 4.79 Å². The van der Waals surface area contributed by atoms with E-state index in [0.29, 0.717) is 11.5 Å². The maximum atomic E-state index is 12.4. The predicted octanol–water partition coefficient (Wildman–Crippen LogP) is 3.29. The lowest BCUT2D eigenvalue weighted by molar-refractivity contribution is 0.0776. The minimum atomic E-state index is -0.117. The first-order valence-electron chi connectivity index (χ1n) is 6.27. The van der Waals surface area contributed by atoms with Crippen molar-refractivity contribution in [1.29, 1.82) is 0 Å². The first kappa shape index (κ1) is 14.5. The summed E-state index contributed by atoms with van der Waals surface area (Å²) in [6.45, 7) is 8.09. The summed E-state index contributed by atoms with van der Waals surface area (Å²) in [5.41, 5.74) is 0.531. The van der Waals surface area contributed by atoms with Gasteiger partial charge in [-0.1, -0.05) is 44.0 Å². The molecular weight excluding hydrogens is 285 g/mol. The third-order valence-electron chi connectivity index (χ3n) is 3.65. The van der Waals surface area contributed by atoms with Crippen molar-refractivity contribution in [2.45, 2.75) is 27.2 Å². The van der Waals surface area contributed by atoms with Gasteiger partial charge in [-0.3, -0.25) is 4.79 Å². The molecule has 2 rings (SSSR count). The Hall–Kier alpha value is -0.870. The minimum absolute atomic E-state index is 0.105. The maximum absolute atomic E-state index is 12.4. The Kier molecular flexibility index (Phi) is 4.02. The Bertz CT molecular complexity index is 499. The normalized spacial score (nSPS) is 19.8. The first-order valence-corrected chi connectivity index (χ1v) is 7.02. The monoisotopic (exact) mass is 301 g/mol. The van der Waals surface area contributed by atoms with E-state index in [0.717, 1.165) is 19.5 Å². The van der Waals surface area contributed by atoms with Crippen molar-refractivity contribution < 1.29 is 4.79 Å². The van der Waals surface area contributed by atoms with Crippen LogP contribution >= 0.6 is 23.2 Å². The summed E-state index contributed by atoms with van der Waals surface area (Å²) in [7, 11) is 0. The first-order chi connectivity index (χ1) is 8.79. The van der Waals surface area contributed by atoms with Gasteiger partial charge in [0.25, 0.3) is 5.91 Å². The molecule has 4 nitrogen and oxygen atoms in total. The molecule has 1 amide bonds. The Morgan fingerprint density at radius 1 is 1.37 bits per heavy atom. The molecule has 0 spiro atoms. The molecule has 1 aromatic rings. The molecule has 2 heterocycles. The third kappa shape index (κ3) is 3.18. The summed E-state index contributed by atoms with van der Waals surface area (Å²) in [4.78, 5) is 14.2. The number of carbonyl (C=O) groups is 1. The third-order valence-corrected chi connectivity index (χ3v) is 4.11. The molecule has 0 saturated carbocycles. The molecule has 0 bridgehead atoms. The highest BCUT2D eigenvalue weighted by Crippen LogP contribution is 2.34. The van der Waals surface area contributed by atoms with Crippen molar-refractivity contribution in [3.63, 3.8) is 0 Å². The van der Waals surface area contributed by atoms with Crippen molar-refractivity contribution in [3.8, 4) is 0 Å². The van der Waals surface area contributed by atoms with Crippen LogP contribution in [-0.2, 0) is 0 Å². The number of hydrogen-bond donors (Lipinski definition) is 0. The van der Waals surface area contributed by atoms with E-state index in [2.05, 4.69) is 31.0 Å². The highest BCUT2D eigenvalue weighted by molar-refractivity contribution is 6.34. The highest BCUT2D eigenvalue weighted by Gasteiger charge is 2.34. The fourth-order valence-electron chi connectivity index (χ4n) is 2.32. The number of amides is 1. The molecular formula is C13H17Cl2N3O. The van der Waals surface area contributed by atoms with Crippen molar-refractivity contribution in [3.05, 3.63) is 21.9 Å². The van der Waals surface area contributed by atoms with E-state index in [4.69, 9.17) is 23.2 Å². The van der Waals surface area contributed by atoms with E-state index in [1.54, 1.807) is 0 Å². The zero-order valence-electron chi connectivity index (χ0n) is 11.3. The molecule has 19 heavy (non-hydrogen) atoms. The molecule has 0 aliphatic carbocycles. The lowest BCUT2D eigenvalue weighted by Crippen LogP contribution is -2.31. The second kappa shape index (κ2) is 5.25. The van der Waals surface area contributed by atoms with Crippen LogP contribution in [0.5, 0.6) is 0 Å². The van der Waals surface area contributed by atoms with Gasteiger partial charge in [0.05, 0.1) is 5.56 Å². The second-order valence-corrected chi connectivity index (χ2v) is 6.72. The standard InChI is InChI=1S/C13H17Cl2N3O/c1-13(2,3)8-4-5-18(7-8)12(19)9-6-10(14)16-17-11(9)15/h6,8H,4-5,7H2,1-3H3. The lowest BCUT2D eigenvalue weighted by Gasteiger charge is -2.27. The number of rotatable bonds is 1. The van der Waals surface area contributed by atoms with Gasteiger partial charge in [0.15, 0.2) is 10.3 Å². The number of halogens is 2. The molecule has 1 aromatic heterocycles. The molecule has 1 atom stereocenters. The van der Waals surface area contributed by atoms with Gasteiger partial charge in [-0.05, 0) is 23.8 Å². The number of aromatic nitrogens is 2. The van der Waals surface area contributed by atoms with Crippen LogP contribution in [0, 0.1) is 11.3 Å². The maximum Gasteiger partial charge on any atom is 0.257 e. The topological polar surface area (TPSA) is 46.1 Å². The van der Waals surface area contributed by atoms with Crippen LogP contribution in [0.15, 0.2) is 6.07 Å². The van der Waals surface area contributed by atoms with Crippen LogP contribution in [0.1, 0.15) is 37.6 Å². The van der Waals surface area contributed by atoms with E-state index >= 15 is 0 Å². The van der Waals surface area contributed by atoms with Gasteiger partial charge in [0.1, 0.15) is 0 Å². The highest BCUT2D eigenvalue weighted by atomic mass is 35.5. The van der Waals surface area contributed by atoms with Crippen LogP contribution < -0.4 is 0 Å². The summed E-state index contributed by atoms with van der Waals surface area (Å²) in [5, 5.41) is 7.58. The van der Waals surface area contributed by atoms with E-state index in [-0.39, 0.29) is 21.6 Å². The Labute approximate surface area is 123 Å². The van der Waals surface area contributed by atoms with Gasteiger partial charge < -0.3 is 4.90 Å². The smallest absolute Gasteiger partial charge is 0.257 e. The fraction of sp³-hybridized carbons (Fsp3) is 0.615. The van der Waals surface area contributed by atoms with Crippen LogP contribution in [0.25, 0.3) is 0 Å². The number of hydrogen-bond acceptors (Lipinski definition) is 3. The van der Waals surface area contributed by atoms with Crippen LogP contribution in [0.2, 0.25) is 10.3 Å². The van der Waals surface area contributed by atoms with Gasteiger partial charge in [-0.2, -0.15) is 0 Å². The summed E-state index contributed by atoms with van der Waals surface area (Å²) < 4.78 is 0. The summed E-state index contributed by atoms with van der Waals surface area (Å²) in [5.74, 6) is 0.383. The minimum Gasteiger partial charge on any atom is -0.338 e. The Morgan fingerprint density at radius 3 is 2.63 bits per heavy atom. The lowest BCUT2D eigenvalue weighted by atomic mass is 9.80. The van der Waals surface area contributed by atoms with Crippen molar-refractivity contribution in [1.82, 2.24) is 15.1 Å². The zero-order chi connectivity index (χ0) is 14.2. The summed E-state index contributed by atoms with van der Waals surface area (Å²) in [6.07, 6.45) is 1.01. The van der Waals surface area contributed by atoms with Gasteiger partial charge in [0, 0.05) is 13.1 Å². The molecule has 0 N–H and O–H groups in total.